The minimum Gasteiger partial charge on any atom is -0.493 e. The highest BCUT2D eigenvalue weighted by Gasteiger charge is 2.34. The topological polar surface area (TPSA) is 69.0 Å². The molecule has 7 nitrogen and oxygen atoms in total. The molecule has 1 atom stereocenters. The second-order valence-electron chi connectivity index (χ2n) is 9.84. The number of hydrogen-bond donors (Lipinski definition) is 1. The quantitative estimate of drug-likeness (QED) is 0.323. The van der Waals surface area contributed by atoms with Crippen molar-refractivity contribution in [1.29, 1.82) is 0 Å². The van der Waals surface area contributed by atoms with Crippen molar-refractivity contribution in [3.05, 3.63) is 70.8 Å². The molecule has 1 aliphatic heterocycles. The molecular weight excluding hydrogens is 490 g/mol. The molecule has 200 valence electrons. The molecule has 1 N–H and O–H groups in total. The summed E-state index contributed by atoms with van der Waals surface area (Å²) in [6.07, 6.45) is 7.26. The van der Waals surface area contributed by atoms with E-state index < -0.39 is 5.60 Å². The van der Waals surface area contributed by atoms with Gasteiger partial charge in [0.25, 0.3) is 0 Å². The average molecular weight is 528 g/mol. The van der Waals surface area contributed by atoms with Gasteiger partial charge in [0, 0.05) is 38.4 Å². The number of hydrogen-bond acceptors (Lipinski definition) is 6. The van der Waals surface area contributed by atoms with Crippen molar-refractivity contribution in [2.75, 3.05) is 33.4 Å². The fourth-order valence-corrected chi connectivity index (χ4v) is 5.03. The minimum absolute atomic E-state index is 0.210. The molecule has 0 spiro atoms. The summed E-state index contributed by atoms with van der Waals surface area (Å²) in [7, 11) is 1.67. The van der Waals surface area contributed by atoms with Crippen LogP contribution in [0, 0.1) is 6.92 Å². The number of methoxy groups -OCH3 is 1. The molecule has 0 unspecified atom stereocenters. The Kier molecular flexibility index (Phi) is 9.35. The van der Waals surface area contributed by atoms with E-state index in [0.29, 0.717) is 36.9 Å². The predicted molar refractivity (Wildman–Crippen MR) is 146 cm³/mol. The highest BCUT2D eigenvalue weighted by atomic mass is 35.5. The molecule has 1 saturated heterocycles. The summed E-state index contributed by atoms with van der Waals surface area (Å²) >= 11 is 6.27. The minimum atomic E-state index is -0.925. The fraction of sp³-hybridized carbons (Fsp3) is 0.483. The molecule has 0 saturated carbocycles. The lowest BCUT2D eigenvalue weighted by molar-refractivity contribution is -0.0621. The first-order valence-electron chi connectivity index (χ1n) is 13.0. The maximum atomic E-state index is 11.2. The zero-order valence-electron chi connectivity index (χ0n) is 22.1. The number of β-amino-alcohol motifs (C(OH)–C–C–N with tert-alkyl or cyclic N) is 1. The van der Waals surface area contributed by atoms with E-state index in [9.17, 15) is 5.11 Å². The number of ether oxygens (including phenoxy) is 3. The largest absolute Gasteiger partial charge is 0.493 e. The van der Waals surface area contributed by atoms with Crippen LogP contribution in [0.2, 0.25) is 5.02 Å². The van der Waals surface area contributed by atoms with Crippen molar-refractivity contribution in [3.8, 4) is 17.2 Å². The first-order valence-corrected chi connectivity index (χ1v) is 13.4. The number of imidazole rings is 1. The molecule has 4 rings (SSSR count). The summed E-state index contributed by atoms with van der Waals surface area (Å²) in [5.41, 5.74) is 1.26. The Morgan fingerprint density at radius 1 is 1.11 bits per heavy atom. The van der Waals surface area contributed by atoms with Gasteiger partial charge in [-0.3, -0.25) is 4.90 Å². The average Bonchev–Trinajstić information content (AvgIpc) is 3.35. The molecule has 0 bridgehead atoms. The van der Waals surface area contributed by atoms with Crippen LogP contribution >= 0.6 is 11.6 Å². The number of nitrogens with zero attached hydrogens (tertiary/aromatic N) is 3. The smallest absolute Gasteiger partial charge is 0.161 e. The number of aliphatic hydroxyl groups is 1. The van der Waals surface area contributed by atoms with Crippen molar-refractivity contribution >= 4 is 11.6 Å². The van der Waals surface area contributed by atoms with Crippen LogP contribution in [0.5, 0.6) is 17.2 Å². The molecule has 37 heavy (non-hydrogen) atoms. The number of aromatic nitrogens is 2. The summed E-state index contributed by atoms with van der Waals surface area (Å²) in [5.74, 6) is 3.17. The van der Waals surface area contributed by atoms with E-state index in [1.54, 1.807) is 7.11 Å². The lowest BCUT2D eigenvalue weighted by Crippen LogP contribution is -2.51. The molecule has 0 amide bonds. The first-order chi connectivity index (χ1) is 17.9. The second kappa shape index (κ2) is 12.7. The molecule has 1 aromatic heterocycles. The van der Waals surface area contributed by atoms with Crippen molar-refractivity contribution < 1.29 is 19.3 Å². The van der Waals surface area contributed by atoms with Gasteiger partial charge in [-0.25, -0.2) is 4.98 Å². The van der Waals surface area contributed by atoms with E-state index in [-0.39, 0.29) is 6.61 Å². The third kappa shape index (κ3) is 7.40. The van der Waals surface area contributed by atoms with E-state index >= 15 is 0 Å². The van der Waals surface area contributed by atoms with Gasteiger partial charge < -0.3 is 23.9 Å². The van der Waals surface area contributed by atoms with Crippen molar-refractivity contribution in [1.82, 2.24) is 14.5 Å². The summed E-state index contributed by atoms with van der Waals surface area (Å²) in [6, 6.07) is 11.7. The Morgan fingerprint density at radius 2 is 1.97 bits per heavy atom. The monoisotopic (exact) mass is 527 g/mol. The zero-order valence-corrected chi connectivity index (χ0v) is 22.8. The van der Waals surface area contributed by atoms with E-state index in [4.69, 9.17) is 25.8 Å². The molecule has 0 aliphatic carbocycles. The van der Waals surface area contributed by atoms with Gasteiger partial charge in [-0.1, -0.05) is 30.7 Å². The fourth-order valence-electron chi connectivity index (χ4n) is 4.85. The maximum Gasteiger partial charge on any atom is 0.161 e. The molecule has 2 aromatic carbocycles. The Labute approximate surface area is 224 Å². The predicted octanol–water partition coefficient (Wildman–Crippen LogP) is 5.29. The van der Waals surface area contributed by atoms with Gasteiger partial charge >= 0.3 is 0 Å². The van der Waals surface area contributed by atoms with Crippen molar-refractivity contribution in [2.45, 2.75) is 58.2 Å². The third-order valence-corrected chi connectivity index (χ3v) is 7.08. The number of aryl methyl sites for hydroxylation is 3. The third-order valence-electron chi connectivity index (χ3n) is 6.77. The van der Waals surface area contributed by atoms with Gasteiger partial charge in [0.1, 0.15) is 23.8 Å². The number of halogens is 1. The lowest BCUT2D eigenvalue weighted by atomic mass is 9.93. The molecule has 8 heteroatoms. The summed E-state index contributed by atoms with van der Waals surface area (Å²) in [6.45, 7) is 7.96. The number of piperidine rings is 1. The Hall–Kier alpha value is -2.74. The van der Waals surface area contributed by atoms with Crippen molar-refractivity contribution in [2.24, 2.45) is 0 Å². The molecule has 2 heterocycles. The molecule has 3 aromatic rings. The van der Waals surface area contributed by atoms with Gasteiger partial charge in [-0.2, -0.15) is 0 Å². The van der Waals surface area contributed by atoms with E-state index in [1.807, 2.05) is 49.6 Å². The summed E-state index contributed by atoms with van der Waals surface area (Å²) in [5, 5.41) is 11.8. The van der Waals surface area contributed by atoms with Gasteiger partial charge in [-0.15, -0.1) is 0 Å². The van der Waals surface area contributed by atoms with Gasteiger partial charge in [0.05, 0.1) is 18.7 Å². The van der Waals surface area contributed by atoms with Crippen LogP contribution in [-0.4, -0.2) is 58.6 Å². The zero-order chi connectivity index (χ0) is 26.3. The van der Waals surface area contributed by atoms with Crippen LogP contribution in [0.15, 0.2) is 48.8 Å². The maximum absolute atomic E-state index is 11.2. The van der Waals surface area contributed by atoms with E-state index in [0.717, 1.165) is 60.8 Å². The Morgan fingerprint density at radius 3 is 2.78 bits per heavy atom. The van der Waals surface area contributed by atoms with Gasteiger partial charge in [0.15, 0.2) is 11.5 Å². The number of benzene rings is 2. The normalized spacial score (nSPS) is 18.1. The molecule has 1 aliphatic rings. The molecular formula is C29H38ClN3O4. The van der Waals surface area contributed by atoms with Gasteiger partial charge in [0.2, 0.25) is 0 Å². The highest BCUT2D eigenvalue weighted by molar-refractivity contribution is 6.32. The Balaban J connectivity index is 1.30. The molecule has 0 radical (unpaired) electrons. The van der Waals surface area contributed by atoms with Crippen molar-refractivity contribution in [3.63, 3.8) is 0 Å². The van der Waals surface area contributed by atoms with Gasteiger partial charge in [-0.05, 0) is 68.1 Å². The van der Waals surface area contributed by atoms with Crippen LogP contribution in [0.1, 0.15) is 43.1 Å². The van der Waals surface area contributed by atoms with Crippen LogP contribution in [0.25, 0.3) is 0 Å². The standard InChI is InChI=1S/C29H38ClN3O4/c1-4-28-31-12-15-33(28)14-6-16-36-25-10-8-23(18-27(25)35-3)19-32-13-5-11-29(34,20-32)21-37-26-17-22(2)7-9-24(26)30/h7-10,12,15,17-18,34H,4-6,11,13-14,16,19-21H2,1-3H3/t29-/m0/s1. The van der Waals surface area contributed by atoms with Crippen LogP contribution < -0.4 is 14.2 Å². The second-order valence-corrected chi connectivity index (χ2v) is 10.2. The number of rotatable bonds is 12. The van der Waals surface area contributed by atoms with Crippen LogP contribution in [0.4, 0.5) is 0 Å². The SMILES string of the molecule is CCc1nccn1CCCOc1ccc(CN2CCC[C@@](O)(COc3cc(C)ccc3Cl)C2)cc1OC. The summed E-state index contributed by atoms with van der Waals surface area (Å²) in [4.78, 5) is 6.63. The van der Waals surface area contributed by atoms with Crippen LogP contribution in [0.3, 0.4) is 0 Å². The lowest BCUT2D eigenvalue weighted by Gasteiger charge is -2.39. The van der Waals surface area contributed by atoms with E-state index in [2.05, 4.69) is 27.4 Å². The highest BCUT2D eigenvalue weighted by Crippen LogP contribution is 2.31. The first kappa shape index (κ1) is 27.3. The molecule has 1 fully saturated rings. The van der Waals surface area contributed by atoms with E-state index in [1.165, 1.54) is 0 Å². The van der Waals surface area contributed by atoms with Crippen LogP contribution in [-0.2, 0) is 19.5 Å². The number of likely N-dealkylation sites (tertiary alicyclic amines) is 1. The Bertz CT molecular complexity index is 1170. The summed E-state index contributed by atoms with van der Waals surface area (Å²) < 4.78 is 19.8.